The molecule has 2 heterocycles. The number of aromatic nitrogens is 2. The molecule has 0 bridgehead atoms. The van der Waals surface area contributed by atoms with E-state index in [-0.39, 0.29) is 0 Å². The first kappa shape index (κ1) is 17.6. The van der Waals surface area contributed by atoms with Crippen LogP contribution in [0.15, 0.2) is 48.5 Å². The molecule has 0 aliphatic carbocycles. The number of aryl methyl sites for hydroxylation is 1. The van der Waals surface area contributed by atoms with Gasteiger partial charge in [-0.2, -0.15) is 0 Å². The van der Waals surface area contributed by atoms with Gasteiger partial charge in [0.2, 0.25) is 0 Å². The summed E-state index contributed by atoms with van der Waals surface area (Å²) in [5.74, 6) is 1.92. The first-order valence-electron chi connectivity index (χ1n) is 9.67. The minimum atomic E-state index is 0.808. The van der Waals surface area contributed by atoms with Crippen molar-refractivity contribution in [1.29, 1.82) is 0 Å². The summed E-state index contributed by atoms with van der Waals surface area (Å²) in [5.41, 5.74) is 3.63. The summed E-state index contributed by atoms with van der Waals surface area (Å²) in [7, 11) is 0. The molecule has 2 aromatic carbocycles. The van der Waals surface area contributed by atoms with Crippen molar-refractivity contribution < 1.29 is 0 Å². The lowest BCUT2D eigenvalue weighted by molar-refractivity contribution is 0.182. The van der Waals surface area contributed by atoms with Crippen molar-refractivity contribution in [3.63, 3.8) is 0 Å². The number of hydrogen-bond donors (Lipinski definition) is 1. The molecule has 0 amide bonds. The Kier molecular flexibility index (Phi) is 5.57. The number of hydrogen-bond acceptors (Lipinski definition) is 2. The summed E-state index contributed by atoms with van der Waals surface area (Å²) >= 11 is 5.98. The Hall–Kier alpha value is -1.84. The van der Waals surface area contributed by atoms with E-state index in [4.69, 9.17) is 11.6 Å². The molecule has 136 valence electrons. The van der Waals surface area contributed by atoms with E-state index in [1.54, 1.807) is 0 Å². The molecule has 4 heteroatoms. The lowest BCUT2D eigenvalue weighted by atomic mass is 9.90. The number of rotatable bonds is 6. The van der Waals surface area contributed by atoms with Crippen LogP contribution in [0.2, 0.25) is 5.02 Å². The molecular weight excluding hydrogens is 342 g/mol. The summed E-state index contributed by atoms with van der Waals surface area (Å²) in [4.78, 5) is 10.7. The number of benzene rings is 2. The summed E-state index contributed by atoms with van der Waals surface area (Å²) in [6.07, 6.45) is 5.98. The lowest BCUT2D eigenvalue weighted by Crippen LogP contribution is -2.35. The number of nitrogens with one attached hydrogen (secondary N) is 1. The van der Waals surface area contributed by atoms with Crippen molar-refractivity contribution in [2.45, 2.75) is 32.1 Å². The minimum Gasteiger partial charge on any atom is -0.342 e. The highest BCUT2D eigenvalue weighted by atomic mass is 35.5. The summed E-state index contributed by atoms with van der Waals surface area (Å²) in [5, 5.41) is 0.827. The second-order valence-electron chi connectivity index (χ2n) is 7.42. The van der Waals surface area contributed by atoms with Crippen LogP contribution in [0.1, 0.15) is 30.7 Å². The van der Waals surface area contributed by atoms with Crippen molar-refractivity contribution in [3.8, 4) is 0 Å². The van der Waals surface area contributed by atoms with Crippen molar-refractivity contribution in [2.75, 3.05) is 19.6 Å². The molecule has 3 aromatic rings. The zero-order valence-corrected chi connectivity index (χ0v) is 15.9. The van der Waals surface area contributed by atoms with Crippen molar-refractivity contribution >= 4 is 22.6 Å². The number of likely N-dealkylation sites (tertiary alicyclic amines) is 1. The van der Waals surface area contributed by atoms with Gasteiger partial charge in [0.15, 0.2) is 0 Å². The quantitative estimate of drug-likeness (QED) is 0.657. The highest BCUT2D eigenvalue weighted by Crippen LogP contribution is 2.23. The maximum Gasteiger partial charge on any atom is 0.107 e. The minimum absolute atomic E-state index is 0.808. The summed E-state index contributed by atoms with van der Waals surface area (Å²) in [6.45, 7) is 3.61. The smallest absolute Gasteiger partial charge is 0.107 e. The highest BCUT2D eigenvalue weighted by Gasteiger charge is 2.19. The third kappa shape index (κ3) is 4.46. The molecule has 1 aliphatic rings. The Morgan fingerprint density at radius 3 is 2.58 bits per heavy atom. The van der Waals surface area contributed by atoms with Crippen LogP contribution >= 0.6 is 11.6 Å². The van der Waals surface area contributed by atoms with Crippen LogP contribution in [0.3, 0.4) is 0 Å². The Balaban J connectivity index is 1.19. The molecule has 3 nitrogen and oxygen atoms in total. The van der Waals surface area contributed by atoms with E-state index in [1.165, 1.54) is 50.9 Å². The molecule has 1 fully saturated rings. The number of halogens is 1. The third-order valence-electron chi connectivity index (χ3n) is 5.47. The molecule has 0 spiro atoms. The van der Waals surface area contributed by atoms with E-state index in [1.807, 2.05) is 18.2 Å². The average Bonchev–Trinajstić information content (AvgIpc) is 3.08. The monoisotopic (exact) mass is 367 g/mol. The van der Waals surface area contributed by atoms with E-state index < -0.39 is 0 Å². The molecule has 1 saturated heterocycles. The Bertz CT molecular complexity index is 799. The molecule has 0 unspecified atom stereocenters. The van der Waals surface area contributed by atoms with Gasteiger partial charge in [-0.3, -0.25) is 0 Å². The highest BCUT2D eigenvalue weighted by molar-refractivity contribution is 6.30. The fourth-order valence-corrected chi connectivity index (χ4v) is 4.09. The number of aromatic amines is 1. The predicted molar refractivity (Wildman–Crippen MR) is 109 cm³/mol. The van der Waals surface area contributed by atoms with Gasteiger partial charge in [-0.1, -0.05) is 35.9 Å². The zero-order chi connectivity index (χ0) is 17.8. The number of fused-ring (bicyclic) bond motifs is 1. The van der Waals surface area contributed by atoms with Gasteiger partial charge in [0.25, 0.3) is 0 Å². The Morgan fingerprint density at radius 1 is 1.04 bits per heavy atom. The maximum atomic E-state index is 5.98. The van der Waals surface area contributed by atoms with Crippen LogP contribution in [-0.4, -0.2) is 34.5 Å². The van der Waals surface area contributed by atoms with Crippen LogP contribution in [-0.2, 0) is 12.8 Å². The number of piperidine rings is 1. The van der Waals surface area contributed by atoms with Gasteiger partial charge >= 0.3 is 0 Å². The van der Waals surface area contributed by atoms with Gasteiger partial charge < -0.3 is 9.88 Å². The second-order valence-corrected chi connectivity index (χ2v) is 7.86. The van der Waals surface area contributed by atoms with E-state index in [2.05, 4.69) is 45.2 Å². The third-order valence-corrected chi connectivity index (χ3v) is 5.72. The first-order valence-corrected chi connectivity index (χ1v) is 10.0. The Labute approximate surface area is 160 Å². The molecule has 0 atom stereocenters. The summed E-state index contributed by atoms with van der Waals surface area (Å²) in [6, 6.07) is 16.6. The molecule has 0 saturated carbocycles. The van der Waals surface area contributed by atoms with Gasteiger partial charge in [-0.15, -0.1) is 0 Å². The molecule has 1 aliphatic heterocycles. The lowest BCUT2D eigenvalue weighted by Gasteiger charge is -2.32. The topological polar surface area (TPSA) is 31.9 Å². The van der Waals surface area contributed by atoms with Crippen LogP contribution in [0.25, 0.3) is 11.0 Å². The largest absolute Gasteiger partial charge is 0.342 e. The number of para-hydroxylation sites is 2. The molecule has 1 N–H and O–H groups in total. The van der Waals surface area contributed by atoms with Crippen molar-refractivity contribution in [2.24, 2.45) is 5.92 Å². The SMILES string of the molecule is Clc1ccc(CC2CCN(CCCc3nc4ccccc4[nH]3)CC2)cc1. The Morgan fingerprint density at radius 2 is 1.81 bits per heavy atom. The number of imidazole rings is 1. The fourth-order valence-electron chi connectivity index (χ4n) is 3.96. The van der Waals surface area contributed by atoms with Gasteiger partial charge in [0.05, 0.1) is 11.0 Å². The van der Waals surface area contributed by atoms with E-state index in [0.29, 0.717) is 0 Å². The van der Waals surface area contributed by atoms with Crippen molar-refractivity contribution in [1.82, 2.24) is 14.9 Å². The fraction of sp³-hybridized carbons (Fsp3) is 0.409. The van der Waals surface area contributed by atoms with E-state index >= 15 is 0 Å². The first-order chi connectivity index (χ1) is 12.8. The average molecular weight is 368 g/mol. The predicted octanol–water partition coefficient (Wildman–Crippen LogP) is 5.10. The van der Waals surface area contributed by atoms with Crippen LogP contribution in [0.5, 0.6) is 0 Å². The molecule has 1 aromatic heterocycles. The normalized spacial score (nSPS) is 16.3. The second kappa shape index (κ2) is 8.24. The molecule has 0 radical (unpaired) electrons. The number of H-pyrrole nitrogens is 1. The maximum absolute atomic E-state index is 5.98. The van der Waals surface area contributed by atoms with E-state index in [0.717, 1.165) is 34.2 Å². The zero-order valence-electron chi connectivity index (χ0n) is 15.1. The van der Waals surface area contributed by atoms with Crippen LogP contribution in [0, 0.1) is 5.92 Å². The van der Waals surface area contributed by atoms with E-state index in [9.17, 15) is 0 Å². The molecule has 26 heavy (non-hydrogen) atoms. The number of nitrogens with zero attached hydrogens (tertiary/aromatic N) is 2. The van der Waals surface area contributed by atoms with Gasteiger partial charge in [-0.25, -0.2) is 4.98 Å². The van der Waals surface area contributed by atoms with Crippen molar-refractivity contribution in [3.05, 3.63) is 64.9 Å². The van der Waals surface area contributed by atoms with Gasteiger partial charge in [0, 0.05) is 11.4 Å². The molecular formula is C22H26ClN3. The van der Waals surface area contributed by atoms with Gasteiger partial charge in [0.1, 0.15) is 5.82 Å². The standard InChI is InChI=1S/C22H26ClN3/c23-19-9-7-17(8-10-19)16-18-11-14-26(15-12-18)13-3-6-22-24-20-4-1-2-5-21(20)25-22/h1-2,4-5,7-10,18H,3,6,11-16H2,(H,24,25). The van der Waals surface area contributed by atoms with Crippen LogP contribution < -0.4 is 0 Å². The summed E-state index contributed by atoms with van der Waals surface area (Å²) < 4.78 is 0. The van der Waals surface area contributed by atoms with Gasteiger partial charge in [-0.05, 0) is 81.1 Å². The van der Waals surface area contributed by atoms with Crippen LogP contribution in [0.4, 0.5) is 0 Å². The molecule has 4 rings (SSSR count).